The van der Waals surface area contributed by atoms with E-state index in [0.717, 1.165) is 15.8 Å². The number of benzene rings is 1. The predicted molar refractivity (Wildman–Crippen MR) is 64.6 cm³/mol. The van der Waals surface area contributed by atoms with Crippen molar-refractivity contribution in [3.63, 3.8) is 0 Å². The lowest BCUT2D eigenvalue weighted by molar-refractivity contribution is 0.380. The Hall–Kier alpha value is -1.36. The lowest BCUT2D eigenvalue weighted by Crippen LogP contribution is -1.98. The molecular formula is C11H13FN2OS. The number of nitrogens with zero attached hydrogens (tertiary/aromatic N) is 1. The lowest BCUT2D eigenvalue weighted by Gasteiger charge is -2.12. The fourth-order valence-corrected chi connectivity index (χ4v) is 2.58. The Morgan fingerprint density at radius 3 is 2.75 bits per heavy atom. The van der Waals surface area contributed by atoms with E-state index in [4.69, 9.17) is 10.5 Å². The number of methoxy groups -OCH3 is 1. The molecule has 86 valence electrons. The summed E-state index contributed by atoms with van der Waals surface area (Å²) in [5.74, 6) is 0.0461. The monoisotopic (exact) mass is 240 g/mol. The van der Waals surface area contributed by atoms with E-state index in [0.29, 0.717) is 5.13 Å². The van der Waals surface area contributed by atoms with Gasteiger partial charge in [-0.2, -0.15) is 0 Å². The van der Waals surface area contributed by atoms with E-state index in [1.54, 1.807) is 0 Å². The van der Waals surface area contributed by atoms with Crippen LogP contribution in [0.2, 0.25) is 0 Å². The SMILES string of the molecule is COc1c(F)cc2sc(N)nc2c1C(C)C. The Morgan fingerprint density at radius 2 is 2.19 bits per heavy atom. The van der Waals surface area contributed by atoms with Crippen molar-refractivity contribution in [1.82, 2.24) is 4.98 Å². The largest absolute Gasteiger partial charge is 0.493 e. The third kappa shape index (κ3) is 1.61. The molecule has 0 radical (unpaired) electrons. The zero-order chi connectivity index (χ0) is 11.9. The van der Waals surface area contributed by atoms with Crippen LogP contribution in [0.5, 0.6) is 5.75 Å². The maximum Gasteiger partial charge on any atom is 0.181 e. The van der Waals surface area contributed by atoms with Crippen molar-refractivity contribution in [2.75, 3.05) is 12.8 Å². The van der Waals surface area contributed by atoms with Crippen LogP contribution in [0.25, 0.3) is 10.2 Å². The summed E-state index contributed by atoms with van der Waals surface area (Å²) in [6.45, 7) is 3.96. The van der Waals surface area contributed by atoms with Gasteiger partial charge >= 0.3 is 0 Å². The molecule has 2 aromatic rings. The van der Waals surface area contributed by atoms with Crippen LogP contribution < -0.4 is 10.5 Å². The Bertz CT molecular complexity index is 536. The fraction of sp³-hybridized carbons (Fsp3) is 0.364. The van der Waals surface area contributed by atoms with Crippen LogP contribution in [-0.2, 0) is 0 Å². The van der Waals surface area contributed by atoms with Gasteiger partial charge in [0.2, 0.25) is 0 Å². The van der Waals surface area contributed by atoms with Crippen molar-refractivity contribution in [3.05, 3.63) is 17.4 Å². The minimum Gasteiger partial charge on any atom is -0.493 e. The minimum atomic E-state index is -0.359. The van der Waals surface area contributed by atoms with Crippen LogP contribution in [-0.4, -0.2) is 12.1 Å². The summed E-state index contributed by atoms with van der Waals surface area (Å²) < 4.78 is 19.6. The summed E-state index contributed by atoms with van der Waals surface area (Å²) in [7, 11) is 1.46. The fourth-order valence-electron chi connectivity index (χ4n) is 1.80. The van der Waals surface area contributed by atoms with Gasteiger partial charge in [-0.15, -0.1) is 0 Å². The molecule has 0 amide bonds. The molecule has 0 aliphatic rings. The third-order valence-corrected chi connectivity index (χ3v) is 3.26. The summed E-state index contributed by atoms with van der Waals surface area (Å²) in [6.07, 6.45) is 0. The first-order valence-corrected chi connectivity index (χ1v) is 5.78. The molecule has 3 nitrogen and oxygen atoms in total. The van der Waals surface area contributed by atoms with Crippen molar-refractivity contribution in [2.45, 2.75) is 19.8 Å². The van der Waals surface area contributed by atoms with Gasteiger partial charge in [0.1, 0.15) is 0 Å². The maximum atomic E-state index is 13.8. The highest BCUT2D eigenvalue weighted by atomic mass is 32.1. The molecule has 5 heteroatoms. The number of thiazole rings is 1. The van der Waals surface area contributed by atoms with Gasteiger partial charge in [0.15, 0.2) is 16.7 Å². The van der Waals surface area contributed by atoms with Gasteiger partial charge in [-0.1, -0.05) is 25.2 Å². The van der Waals surface area contributed by atoms with E-state index < -0.39 is 0 Å². The molecule has 1 aromatic carbocycles. The van der Waals surface area contributed by atoms with Crippen LogP contribution >= 0.6 is 11.3 Å². The van der Waals surface area contributed by atoms with E-state index in [2.05, 4.69) is 4.98 Å². The Kier molecular flexibility index (Phi) is 2.71. The number of hydrogen-bond acceptors (Lipinski definition) is 4. The molecule has 0 bridgehead atoms. The number of nitrogen functional groups attached to an aromatic ring is 1. The Labute approximate surface area is 97.1 Å². The number of halogens is 1. The first-order valence-electron chi connectivity index (χ1n) is 4.97. The highest BCUT2D eigenvalue weighted by molar-refractivity contribution is 7.22. The minimum absolute atomic E-state index is 0.134. The van der Waals surface area contributed by atoms with Crippen LogP contribution in [0.15, 0.2) is 6.07 Å². The zero-order valence-corrected chi connectivity index (χ0v) is 10.2. The molecule has 0 spiro atoms. The zero-order valence-electron chi connectivity index (χ0n) is 9.37. The van der Waals surface area contributed by atoms with Crippen molar-refractivity contribution >= 4 is 26.7 Å². The highest BCUT2D eigenvalue weighted by Gasteiger charge is 2.19. The molecule has 0 aliphatic carbocycles. The number of fused-ring (bicyclic) bond motifs is 1. The van der Waals surface area contributed by atoms with E-state index >= 15 is 0 Å². The number of nitrogens with two attached hydrogens (primary N) is 1. The molecule has 0 fully saturated rings. The van der Waals surface area contributed by atoms with Gasteiger partial charge in [-0.3, -0.25) is 0 Å². The second-order valence-corrected chi connectivity index (χ2v) is 4.92. The summed E-state index contributed by atoms with van der Waals surface area (Å²) in [6, 6.07) is 1.42. The quantitative estimate of drug-likeness (QED) is 0.877. The summed E-state index contributed by atoms with van der Waals surface area (Å²) in [5, 5.41) is 0.449. The van der Waals surface area contributed by atoms with E-state index in [1.165, 1.54) is 24.5 Å². The second kappa shape index (κ2) is 3.90. The van der Waals surface area contributed by atoms with E-state index in [9.17, 15) is 4.39 Å². The average molecular weight is 240 g/mol. The second-order valence-electron chi connectivity index (χ2n) is 3.86. The van der Waals surface area contributed by atoms with E-state index in [-0.39, 0.29) is 17.5 Å². The van der Waals surface area contributed by atoms with Crippen LogP contribution in [0.3, 0.4) is 0 Å². The lowest BCUT2D eigenvalue weighted by atomic mass is 10.0. The smallest absolute Gasteiger partial charge is 0.181 e. The van der Waals surface area contributed by atoms with E-state index in [1.807, 2.05) is 13.8 Å². The van der Waals surface area contributed by atoms with Gasteiger partial charge < -0.3 is 10.5 Å². The molecule has 0 saturated heterocycles. The molecule has 0 atom stereocenters. The van der Waals surface area contributed by atoms with Crippen LogP contribution in [0, 0.1) is 5.82 Å². The van der Waals surface area contributed by atoms with Crippen molar-refractivity contribution < 1.29 is 9.13 Å². The van der Waals surface area contributed by atoms with Gasteiger partial charge in [0.05, 0.1) is 17.3 Å². The molecule has 1 aromatic heterocycles. The Balaban J connectivity index is 2.86. The molecule has 2 N–H and O–H groups in total. The maximum absolute atomic E-state index is 13.8. The normalized spacial score (nSPS) is 11.3. The average Bonchev–Trinajstić information content (AvgIpc) is 2.55. The molecule has 16 heavy (non-hydrogen) atoms. The first-order chi connectivity index (χ1) is 7.54. The van der Waals surface area contributed by atoms with Crippen molar-refractivity contribution in [2.24, 2.45) is 0 Å². The number of rotatable bonds is 2. The third-order valence-electron chi connectivity index (χ3n) is 2.43. The standard InChI is InChI=1S/C11H13FN2OS/c1-5(2)8-9-7(16-11(13)14-9)4-6(12)10(8)15-3/h4-5H,1-3H3,(H2,13,14). The molecule has 0 aliphatic heterocycles. The van der Waals surface area contributed by atoms with Crippen LogP contribution in [0.1, 0.15) is 25.3 Å². The summed E-state index contributed by atoms with van der Waals surface area (Å²) in [4.78, 5) is 4.23. The number of hydrogen-bond donors (Lipinski definition) is 1. The molecule has 1 heterocycles. The summed E-state index contributed by atoms with van der Waals surface area (Å²) >= 11 is 1.29. The molecule has 2 rings (SSSR count). The van der Waals surface area contributed by atoms with Gasteiger partial charge in [0, 0.05) is 5.56 Å². The van der Waals surface area contributed by atoms with Gasteiger partial charge in [0.25, 0.3) is 0 Å². The molecule has 0 saturated carbocycles. The highest BCUT2D eigenvalue weighted by Crippen LogP contribution is 2.38. The number of anilines is 1. The number of aromatic nitrogens is 1. The van der Waals surface area contributed by atoms with Crippen molar-refractivity contribution in [1.29, 1.82) is 0 Å². The molecular weight excluding hydrogens is 227 g/mol. The first kappa shape index (κ1) is 11.1. The summed E-state index contributed by atoms with van der Waals surface area (Å²) in [5.41, 5.74) is 7.17. The van der Waals surface area contributed by atoms with Crippen molar-refractivity contribution in [3.8, 4) is 5.75 Å². The number of ether oxygens (including phenoxy) is 1. The van der Waals surface area contributed by atoms with Gasteiger partial charge in [-0.25, -0.2) is 9.37 Å². The van der Waals surface area contributed by atoms with Crippen LogP contribution in [0.4, 0.5) is 9.52 Å². The predicted octanol–water partition coefficient (Wildman–Crippen LogP) is 3.15. The Morgan fingerprint density at radius 1 is 1.50 bits per heavy atom. The topological polar surface area (TPSA) is 48.1 Å². The van der Waals surface area contributed by atoms with Gasteiger partial charge in [-0.05, 0) is 12.0 Å². The molecule has 0 unspecified atom stereocenters.